The molecular weight excluding hydrogens is 354 g/mol. The van der Waals surface area contributed by atoms with Crippen LogP contribution in [0.1, 0.15) is 17.2 Å². The fourth-order valence-corrected chi connectivity index (χ4v) is 2.77. The third-order valence-electron chi connectivity index (χ3n) is 2.75. The van der Waals surface area contributed by atoms with E-state index in [-0.39, 0.29) is 12.2 Å². The number of aliphatic hydroxyl groups is 1. The van der Waals surface area contributed by atoms with Crippen LogP contribution in [0, 0.1) is 5.82 Å². The van der Waals surface area contributed by atoms with Crippen molar-refractivity contribution in [1.82, 2.24) is 0 Å². The Kier molecular flexibility index (Phi) is 4.85. The first-order chi connectivity index (χ1) is 8.97. The number of hydrogen-bond acceptors (Lipinski definition) is 1. The molecule has 2 aromatic carbocycles. The van der Waals surface area contributed by atoms with E-state index >= 15 is 0 Å². The van der Waals surface area contributed by atoms with Crippen LogP contribution in [0.3, 0.4) is 0 Å². The Labute approximate surface area is 129 Å². The SMILES string of the molecule is OC(Cc1ccc(Cl)cc1Cl)c1cc(F)ccc1Br. The lowest BCUT2D eigenvalue weighted by atomic mass is 10.0. The van der Waals surface area contributed by atoms with Crippen LogP contribution in [0.15, 0.2) is 40.9 Å². The first kappa shape index (κ1) is 14.8. The van der Waals surface area contributed by atoms with Gasteiger partial charge in [0.1, 0.15) is 5.82 Å². The molecular formula is C14H10BrCl2FO. The molecule has 0 aliphatic carbocycles. The lowest BCUT2D eigenvalue weighted by molar-refractivity contribution is 0.177. The van der Waals surface area contributed by atoms with Crippen molar-refractivity contribution in [3.8, 4) is 0 Å². The first-order valence-electron chi connectivity index (χ1n) is 5.54. The van der Waals surface area contributed by atoms with Crippen molar-refractivity contribution in [2.45, 2.75) is 12.5 Å². The van der Waals surface area contributed by atoms with E-state index in [0.717, 1.165) is 5.56 Å². The number of halogens is 4. The fourth-order valence-electron chi connectivity index (χ4n) is 1.78. The summed E-state index contributed by atoms with van der Waals surface area (Å²) in [5.74, 6) is -0.389. The molecule has 0 aromatic heterocycles. The van der Waals surface area contributed by atoms with Crippen molar-refractivity contribution in [2.24, 2.45) is 0 Å². The molecule has 0 bridgehead atoms. The molecule has 0 aliphatic rings. The Hall–Kier alpha value is -0.610. The maximum atomic E-state index is 13.2. The second-order valence-corrected chi connectivity index (χ2v) is 5.82. The van der Waals surface area contributed by atoms with Crippen molar-refractivity contribution in [3.63, 3.8) is 0 Å². The standard InChI is InChI=1S/C14H10BrCl2FO/c15-12-4-3-10(18)7-11(12)14(19)5-8-1-2-9(16)6-13(8)17/h1-4,6-7,14,19H,5H2. The van der Waals surface area contributed by atoms with Crippen LogP contribution < -0.4 is 0 Å². The van der Waals surface area contributed by atoms with Gasteiger partial charge in [0, 0.05) is 20.9 Å². The predicted molar refractivity (Wildman–Crippen MR) is 79.2 cm³/mol. The number of hydrogen-bond donors (Lipinski definition) is 1. The minimum atomic E-state index is -0.844. The summed E-state index contributed by atoms with van der Waals surface area (Å²) >= 11 is 15.2. The second-order valence-electron chi connectivity index (χ2n) is 4.12. The molecule has 1 atom stereocenters. The largest absolute Gasteiger partial charge is 0.388 e. The van der Waals surface area contributed by atoms with Gasteiger partial charge >= 0.3 is 0 Å². The van der Waals surface area contributed by atoms with Crippen molar-refractivity contribution in [1.29, 1.82) is 0 Å². The van der Waals surface area contributed by atoms with E-state index in [4.69, 9.17) is 23.2 Å². The first-order valence-corrected chi connectivity index (χ1v) is 7.09. The Balaban J connectivity index is 2.25. The molecule has 5 heteroatoms. The van der Waals surface area contributed by atoms with Crippen molar-refractivity contribution >= 4 is 39.1 Å². The third-order valence-corrected chi connectivity index (χ3v) is 4.05. The molecule has 0 aliphatic heterocycles. The van der Waals surface area contributed by atoms with E-state index in [1.807, 2.05) is 0 Å². The molecule has 0 radical (unpaired) electrons. The average molecular weight is 364 g/mol. The Morgan fingerprint density at radius 1 is 1.16 bits per heavy atom. The summed E-state index contributed by atoms with van der Waals surface area (Å²) in [7, 11) is 0. The average Bonchev–Trinajstić information content (AvgIpc) is 2.35. The molecule has 100 valence electrons. The van der Waals surface area contributed by atoms with Gasteiger partial charge in [-0.3, -0.25) is 0 Å². The summed E-state index contributed by atoms with van der Waals surface area (Å²) < 4.78 is 13.9. The van der Waals surface area contributed by atoms with Crippen LogP contribution in [0.2, 0.25) is 10.0 Å². The van der Waals surface area contributed by atoms with Gasteiger partial charge in [0.25, 0.3) is 0 Å². The predicted octanol–water partition coefficient (Wildman–Crippen LogP) is 5.17. The lowest BCUT2D eigenvalue weighted by Gasteiger charge is -2.14. The third kappa shape index (κ3) is 3.69. The zero-order valence-corrected chi connectivity index (χ0v) is 12.8. The van der Waals surface area contributed by atoms with Gasteiger partial charge in [-0.2, -0.15) is 0 Å². The zero-order valence-electron chi connectivity index (χ0n) is 9.71. The quantitative estimate of drug-likeness (QED) is 0.797. The monoisotopic (exact) mass is 362 g/mol. The summed E-state index contributed by atoms with van der Waals surface area (Å²) in [6.45, 7) is 0. The van der Waals surface area contributed by atoms with E-state index in [1.54, 1.807) is 24.3 Å². The molecule has 0 spiro atoms. The molecule has 2 rings (SSSR count). The Bertz CT molecular complexity index is 604. The lowest BCUT2D eigenvalue weighted by Crippen LogP contribution is -2.04. The summed E-state index contributed by atoms with van der Waals surface area (Å²) in [5.41, 5.74) is 1.25. The van der Waals surface area contributed by atoms with Gasteiger partial charge in [-0.15, -0.1) is 0 Å². The highest BCUT2D eigenvalue weighted by molar-refractivity contribution is 9.10. The number of rotatable bonds is 3. The van der Waals surface area contributed by atoms with E-state index in [1.165, 1.54) is 12.1 Å². The van der Waals surface area contributed by atoms with Gasteiger partial charge in [0.15, 0.2) is 0 Å². The van der Waals surface area contributed by atoms with Crippen LogP contribution in [0.25, 0.3) is 0 Å². The summed E-state index contributed by atoms with van der Waals surface area (Å²) in [4.78, 5) is 0. The van der Waals surface area contributed by atoms with E-state index in [9.17, 15) is 9.50 Å². The Morgan fingerprint density at radius 2 is 1.89 bits per heavy atom. The van der Waals surface area contributed by atoms with Crippen LogP contribution in [-0.2, 0) is 6.42 Å². The molecule has 0 fully saturated rings. The zero-order chi connectivity index (χ0) is 14.0. The molecule has 0 amide bonds. The van der Waals surface area contributed by atoms with Gasteiger partial charge in [-0.25, -0.2) is 4.39 Å². The van der Waals surface area contributed by atoms with Gasteiger partial charge in [0.05, 0.1) is 6.10 Å². The minimum absolute atomic E-state index is 0.290. The topological polar surface area (TPSA) is 20.2 Å². The smallest absolute Gasteiger partial charge is 0.123 e. The summed E-state index contributed by atoms with van der Waals surface area (Å²) in [6.07, 6.45) is -0.554. The highest BCUT2D eigenvalue weighted by Gasteiger charge is 2.14. The molecule has 19 heavy (non-hydrogen) atoms. The summed E-state index contributed by atoms with van der Waals surface area (Å²) in [6, 6.07) is 9.27. The maximum Gasteiger partial charge on any atom is 0.123 e. The molecule has 0 heterocycles. The van der Waals surface area contributed by atoms with E-state index in [0.29, 0.717) is 20.1 Å². The molecule has 1 N–H and O–H groups in total. The van der Waals surface area contributed by atoms with Crippen LogP contribution in [-0.4, -0.2) is 5.11 Å². The van der Waals surface area contributed by atoms with Gasteiger partial charge in [0.2, 0.25) is 0 Å². The highest BCUT2D eigenvalue weighted by atomic mass is 79.9. The van der Waals surface area contributed by atoms with E-state index < -0.39 is 6.10 Å². The number of aliphatic hydroxyl groups excluding tert-OH is 1. The van der Waals surface area contributed by atoms with Crippen LogP contribution in [0.4, 0.5) is 4.39 Å². The molecule has 1 unspecified atom stereocenters. The molecule has 0 saturated carbocycles. The number of benzene rings is 2. The van der Waals surface area contributed by atoms with Crippen LogP contribution >= 0.6 is 39.1 Å². The van der Waals surface area contributed by atoms with Gasteiger partial charge < -0.3 is 5.11 Å². The molecule has 0 saturated heterocycles. The normalized spacial score (nSPS) is 12.5. The van der Waals surface area contributed by atoms with Gasteiger partial charge in [-0.1, -0.05) is 45.2 Å². The van der Waals surface area contributed by atoms with Gasteiger partial charge in [-0.05, 0) is 41.5 Å². The highest BCUT2D eigenvalue weighted by Crippen LogP contribution is 2.30. The fraction of sp³-hybridized carbons (Fsp3) is 0.143. The molecule has 2 aromatic rings. The van der Waals surface area contributed by atoms with E-state index in [2.05, 4.69) is 15.9 Å². The van der Waals surface area contributed by atoms with Crippen molar-refractivity contribution < 1.29 is 9.50 Å². The van der Waals surface area contributed by atoms with Crippen LogP contribution in [0.5, 0.6) is 0 Å². The second kappa shape index (κ2) is 6.23. The maximum absolute atomic E-state index is 13.2. The molecule has 1 nitrogen and oxygen atoms in total. The minimum Gasteiger partial charge on any atom is -0.388 e. The summed E-state index contributed by atoms with van der Waals surface area (Å²) in [5, 5.41) is 11.2. The van der Waals surface area contributed by atoms with Crippen molar-refractivity contribution in [2.75, 3.05) is 0 Å². The Morgan fingerprint density at radius 3 is 2.58 bits per heavy atom. The van der Waals surface area contributed by atoms with Crippen molar-refractivity contribution in [3.05, 3.63) is 67.9 Å².